The highest BCUT2D eigenvalue weighted by Crippen LogP contribution is 2.63. The van der Waals surface area contributed by atoms with Crippen molar-refractivity contribution in [1.82, 2.24) is 0 Å². The summed E-state index contributed by atoms with van der Waals surface area (Å²) in [6, 6.07) is 58.0. The third-order valence-corrected chi connectivity index (χ3v) is 11.3. The highest BCUT2D eigenvalue weighted by atomic mass is 35.5. The van der Waals surface area contributed by atoms with Crippen LogP contribution in [0.15, 0.2) is 158 Å². The van der Waals surface area contributed by atoms with Gasteiger partial charge in [0.2, 0.25) is 0 Å². The molecule has 1 nitrogen and oxygen atoms in total. The van der Waals surface area contributed by atoms with Gasteiger partial charge in [0.25, 0.3) is 0 Å². The largest absolute Gasteiger partial charge is 0.310 e. The molecule has 228 valence electrons. The van der Waals surface area contributed by atoms with Crippen LogP contribution in [-0.4, -0.2) is 0 Å². The van der Waals surface area contributed by atoms with Gasteiger partial charge < -0.3 is 4.90 Å². The number of anilines is 3. The molecule has 10 rings (SSSR count). The Balaban J connectivity index is 1.25. The van der Waals surface area contributed by atoms with Crippen molar-refractivity contribution >= 4 is 28.7 Å². The first-order valence-corrected chi connectivity index (χ1v) is 17.1. The number of fused-ring (bicyclic) bond motifs is 13. The summed E-state index contributed by atoms with van der Waals surface area (Å²) in [6.45, 7) is 4.71. The van der Waals surface area contributed by atoms with E-state index in [0.717, 1.165) is 16.4 Å². The molecule has 0 aromatic heterocycles. The van der Waals surface area contributed by atoms with E-state index in [4.69, 9.17) is 11.6 Å². The summed E-state index contributed by atoms with van der Waals surface area (Å²) in [5.74, 6) is 0. The van der Waals surface area contributed by atoms with Crippen molar-refractivity contribution in [3.05, 3.63) is 196 Å². The second kappa shape index (κ2) is 9.83. The molecule has 1 spiro atoms. The molecule has 0 heterocycles. The Morgan fingerprint density at radius 3 is 1.52 bits per heavy atom. The number of benzene rings is 7. The third kappa shape index (κ3) is 3.47. The quantitative estimate of drug-likeness (QED) is 0.187. The highest BCUT2D eigenvalue weighted by molar-refractivity contribution is 6.30. The van der Waals surface area contributed by atoms with Crippen LogP contribution in [0.1, 0.15) is 47.2 Å². The summed E-state index contributed by atoms with van der Waals surface area (Å²) >= 11 is 6.72. The summed E-state index contributed by atoms with van der Waals surface area (Å²) in [5.41, 5.74) is 18.7. The molecule has 0 atom stereocenters. The lowest BCUT2D eigenvalue weighted by atomic mass is 9.70. The monoisotopic (exact) mass is 633 g/mol. The zero-order valence-corrected chi connectivity index (χ0v) is 27.6. The number of halogens is 1. The first-order valence-electron chi connectivity index (χ1n) is 16.7. The first-order chi connectivity index (χ1) is 23.5. The van der Waals surface area contributed by atoms with E-state index < -0.39 is 0 Å². The molecule has 7 aromatic rings. The molecule has 0 saturated carbocycles. The number of hydrogen-bond acceptors (Lipinski definition) is 1. The minimum atomic E-state index is -0.365. The fraction of sp³-hybridized carbons (Fsp3) is 0.0870. The Morgan fingerprint density at radius 1 is 0.417 bits per heavy atom. The summed E-state index contributed by atoms with van der Waals surface area (Å²) in [6.07, 6.45) is 0. The lowest BCUT2D eigenvalue weighted by molar-refractivity contribution is 0.661. The van der Waals surface area contributed by atoms with Crippen molar-refractivity contribution in [2.45, 2.75) is 24.7 Å². The molecule has 7 aromatic carbocycles. The smallest absolute Gasteiger partial charge is 0.0725 e. The van der Waals surface area contributed by atoms with Crippen molar-refractivity contribution in [3.63, 3.8) is 0 Å². The molecule has 0 amide bonds. The van der Waals surface area contributed by atoms with Gasteiger partial charge in [0, 0.05) is 21.8 Å². The second-order valence-corrected chi connectivity index (χ2v) is 14.2. The van der Waals surface area contributed by atoms with E-state index >= 15 is 0 Å². The van der Waals surface area contributed by atoms with Gasteiger partial charge in [0.15, 0.2) is 0 Å². The topological polar surface area (TPSA) is 3.24 Å². The van der Waals surface area contributed by atoms with Gasteiger partial charge in [-0.15, -0.1) is 0 Å². The van der Waals surface area contributed by atoms with Gasteiger partial charge in [-0.1, -0.05) is 147 Å². The van der Waals surface area contributed by atoms with E-state index in [2.05, 4.69) is 170 Å². The normalized spacial score (nSPS) is 14.9. The molecule has 0 bridgehead atoms. The van der Waals surface area contributed by atoms with Crippen LogP contribution in [0.5, 0.6) is 0 Å². The molecule has 0 saturated heterocycles. The fourth-order valence-corrected chi connectivity index (χ4v) is 9.46. The third-order valence-electron chi connectivity index (χ3n) is 11.1. The van der Waals surface area contributed by atoms with Crippen LogP contribution in [-0.2, 0) is 10.8 Å². The molecule has 3 aliphatic carbocycles. The summed E-state index contributed by atoms with van der Waals surface area (Å²) in [7, 11) is 0. The minimum absolute atomic E-state index is 0.177. The van der Waals surface area contributed by atoms with Crippen LogP contribution in [0.25, 0.3) is 33.4 Å². The lowest BCUT2D eigenvalue weighted by Gasteiger charge is -2.33. The van der Waals surface area contributed by atoms with Crippen LogP contribution in [0.3, 0.4) is 0 Å². The molecule has 0 unspecified atom stereocenters. The van der Waals surface area contributed by atoms with Crippen molar-refractivity contribution in [3.8, 4) is 33.4 Å². The summed E-state index contributed by atoms with van der Waals surface area (Å²) in [4.78, 5) is 2.42. The molecular formula is C46H32ClN. The van der Waals surface area contributed by atoms with Crippen LogP contribution in [0, 0.1) is 0 Å². The van der Waals surface area contributed by atoms with E-state index in [1.165, 1.54) is 72.4 Å². The van der Waals surface area contributed by atoms with Gasteiger partial charge in [-0.3, -0.25) is 0 Å². The van der Waals surface area contributed by atoms with Gasteiger partial charge in [-0.2, -0.15) is 0 Å². The maximum absolute atomic E-state index is 6.72. The van der Waals surface area contributed by atoms with Crippen molar-refractivity contribution in [2.75, 3.05) is 4.90 Å². The predicted octanol–water partition coefficient (Wildman–Crippen LogP) is 12.5. The number of hydrogen-bond donors (Lipinski definition) is 0. The number of rotatable bonds is 3. The molecule has 0 N–H and O–H groups in total. The maximum atomic E-state index is 6.72. The zero-order chi connectivity index (χ0) is 32.2. The van der Waals surface area contributed by atoms with Gasteiger partial charge in [0.1, 0.15) is 0 Å². The van der Waals surface area contributed by atoms with Gasteiger partial charge >= 0.3 is 0 Å². The van der Waals surface area contributed by atoms with Crippen LogP contribution in [0.4, 0.5) is 17.1 Å². The van der Waals surface area contributed by atoms with Crippen molar-refractivity contribution in [1.29, 1.82) is 0 Å². The Hall–Kier alpha value is -5.37. The van der Waals surface area contributed by atoms with E-state index in [1.54, 1.807) is 0 Å². The molecule has 0 aliphatic heterocycles. The van der Waals surface area contributed by atoms with E-state index in [9.17, 15) is 0 Å². The molecular weight excluding hydrogens is 602 g/mol. The Bertz CT molecular complexity index is 2420. The van der Waals surface area contributed by atoms with E-state index in [-0.39, 0.29) is 10.8 Å². The number of nitrogens with zero attached hydrogens (tertiary/aromatic N) is 1. The standard InChI is InChI=1S/C46H32ClN/c1-45(2)38-20-7-3-17-34(38)36-19-12-24-43(44(36)45)48(30-14-11-13-29(47)27-30)31-25-26-42-37(28-31)35-18-6-10-23-41(35)46(42)39-21-8-4-15-32(39)33-16-5-9-22-40(33)46/h3-28H,1-2H3. The molecule has 0 radical (unpaired) electrons. The minimum Gasteiger partial charge on any atom is -0.310 e. The van der Waals surface area contributed by atoms with E-state index in [0.29, 0.717) is 0 Å². The maximum Gasteiger partial charge on any atom is 0.0725 e. The summed E-state index contributed by atoms with van der Waals surface area (Å²) < 4.78 is 0. The van der Waals surface area contributed by atoms with Gasteiger partial charge in [-0.25, -0.2) is 0 Å². The molecule has 48 heavy (non-hydrogen) atoms. The van der Waals surface area contributed by atoms with E-state index in [1.807, 2.05) is 6.07 Å². The Morgan fingerprint density at radius 2 is 0.896 bits per heavy atom. The highest BCUT2D eigenvalue weighted by Gasteiger charge is 2.51. The Labute approximate surface area is 286 Å². The Kier molecular flexibility index (Phi) is 5.67. The van der Waals surface area contributed by atoms with Crippen LogP contribution >= 0.6 is 11.6 Å². The summed E-state index contributed by atoms with van der Waals surface area (Å²) in [5, 5.41) is 0.720. The van der Waals surface area contributed by atoms with Gasteiger partial charge in [0.05, 0.1) is 11.1 Å². The second-order valence-electron chi connectivity index (χ2n) is 13.8. The zero-order valence-electron chi connectivity index (χ0n) is 26.8. The van der Waals surface area contributed by atoms with Crippen molar-refractivity contribution < 1.29 is 0 Å². The predicted molar refractivity (Wildman–Crippen MR) is 200 cm³/mol. The first kappa shape index (κ1) is 27.7. The average Bonchev–Trinajstić information content (AvgIpc) is 3.68. The SMILES string of the molecule is CC1(C)c2ccccc2-c2cccc(N(c3cccc(Cl)c3)c3ccc4c(c3)-c3ccccc3C43c4ccccc4-c4ccccc43)c21. The fourth-order valence-electron chi connectivity index (χ4n) is 9.27. The molecule has 3 aliphatic rings. The average molecular weight is 634 g/mol. The van der Waals surface area contributed by atoms with Gasteiger partial charge in [-0.05, 0) is 103 Å². The molecule has 0 fully saturated rings. The van der Waals surface area contributed by atoms with Crippen LogP contribution < -0.4 is 4.90 Å². The van der Waals surface area contributed by atoms with Crippen molar-refractivity contribution in [2.24, 2.45) is 0 Å². The molecule has 2 heteroatoms. The lowest BCUT2D eigenvalue weighted by Crippen LogP contribution is -2.26. The van der Waals surface area contributed by atoms with Crippen LogP contribution in [0.2, 0.25) is 5.02 Å².